The molecule has 0 bridgehead atoms. The third-order valence-corrected chi connectivity index (χ3v) is 5.10. The van der Waals surface area contributed by atoms with Gasteiger partial charge in [-0.05, 0) is 37.0 Å². The number of ether oxygens (including phenoxy) is 1. The highest BCUT2D eigenvalue weighted by Crippen LogP contribution is 2.26. The lowest BCUT2D eigenvalue weighted by Crippen LogP contribution is -2.26. The van der Waals surface area contributed by atoms with Crippen molar-refractivity contribution in [2.24, 2.45) is 0 Å². The molecule has 5 heteroatoms. The van der Waals surface area contributed by atoms with Crippen LogP contribution >= 0.6 is 9.12 Å². The van der Waals surface area contributed by atoms with E-state index in [2.05, 4.69) is 6.92 Å². The van der Waals surface area contributed by atoms with E-state index in [1.54, 1.807) is 0 Å². The van der Waals surface area contributed by atoms with E-state index in [0.717, 1.165) is 30.4 Å². The van der Waals surface area contributed by atoms with Crippen molar-refractivity contribution in [2.45, 2.75) is 65.2 Å². The van der Waals surface area contributed by atoms with Crippen LogP contribution in [0, 0.1) is 13.8 Å². The fraction of sp³-hybridized carbons (Fsp3) is 0.440. The van der Waals surface area contributed by atoms with Gasteiger partial charge in [-0.3, -0.25) is 9.59 Å². The maximum absolute atomic E-state index is 13.3. The van der Waals surface area contributed by atoms with E-state index in [4.69, 9.17) is 9.30 Å². The topological polar surface area (TPSA) is 60.4 Å². The van der Waals surface area contributed by atoms with Crippen molar-refractivity contribution in [1.29, 1.82) is 0 Å². The Morgan fingerprint density at radius 2 is 1.40 bits per heavy atom. The van der Waals surface area contributed by atoms with E-state index < -0.39 is 11.9 Å². The van der Waals surface area contributed by atoms with Crippen molar-refractivity contribution in [3.63, 3.8) is 0 Å². The molecule has 0 fully saturated rings. The Bertz CT molecular complexity index is 769. The van der Waals surface area contributed by atoms with Crippen LogP contribution in [0.3, 0.4) is 0 Å². The zero-order chi connectivity index (χ0) is 22.4. The molecule has 0 heterocycles. The van der Waals surface area contributed by atoms with E-state index in [1.807, 2.05) is 62.4 Å². The van der Waals surface area contributed by atoms with Crippen molar-refractivity contribution in [1.82, 2.24) is 0 Å². The monoisotopic (exact) mass is 429 g/mol. The zero-order valence-electron chi connectivity index (χ0n) is 18.4. The van der Waals surface area contributed by atoms with Crippen molar-refractivity contribution in [2.75, 3.05) is 6.61 Å². The highest BCUT2D eigenvalue weighted by atomic mass is 31.0. The number of rotatable bonds is 11. The SMILES string of the molecule is CCCCCCCCOC(=O)C(C(=O)c1c(C)cccc1C)c1ccccc1.O=[PH2+]. The second kappa shape index (κ2) is 14.6. The van der Waals surface area contributed by atoms with Gasteiger partial charge in [0.25, 0.3) is 0 Å². The number of benzene rings is 2. The summed E-state index contributed by atoms with van der Waals surface area (Å²) in [5, 5.41) is 0. The Kier molecular flexibility index (Phi) is 12.5. The van der Waals surface area contributed by atoms with Gasteiger partial charge in [0.15, 0.2) is 5.78 Å². The molecule has 0 saturated heterocycles. The number of hydrogen-bond donors (Lipinski definition) is 0. The Balaban J connectivity index is 0.00000218. The van der Waals surface area contributed by atoms with E-state index >= 15 is 0 Å². The molecule has 2 unspecified atom stereocenters. The van der Waals surface area contributed by atoms with Crippen molar-refractivity contribution >= 4 is 20.9 Å². The van der Waals surface area contributed by atoms with Crippen LogP contribution < -0.4 is 0 Å². The number of carbonyl (C=O) groups is 2. The lowest BCUT2D eigenvalue weighted by molar-refractivity contribution is -0.144. The first-order valence-electron chi connectivity index (χ1n) is 10.6. The second-order valence-corrected chi connectivity index (χ2v) is 7.41. The summed E-state index contributed by atoms with van der Waals surface area (Å²) in [5.74, 6) is -1.55. The summed E-state index contributed by atoms with van der Waals surface area (Å²) < 4.78 is 13.7. The van der Waals surface area contributed by atoms with E-state index in [1.165, 1.54) is 28.4 Å². The number of esters is 1. The van der Waals surface area contributed by atoms with Crippen LogP contribution in [0.2, 0.25) is 0 Å². The molecule has 2 rings (SSSR count). The maximum atomic E-state index is 13.3. The van der Waals surface area contributed by atoms with Gasteiger partial charge in [-0.25, -0.2) is 0 Å². The summed E-state index contributed by atoms with van der Waals surface area (Å²) in [6.45, 7) is 6.38. The number of Topliss-reactive ketones (excluding diaryl/α,β-unsaturated/α-hetero) is 1. The Morgan fingerprint density at radius 3 is 2.00 bits per heavy atom. The molecule has 162 valence electrons. The van der Waals surface area contributed by atoms with Crippen molar-refractivity contribution < 1.29 is 18.9 Å². The molecule has 0 aromatic heterocycles. The molecule has 0 amide bonds. The van der Waals surface area contributed by atoms with Crippen molar-refractivity contribution in [3.05, 3.63) is 70.8 Å². The van der Waals surface area contributed by atoms with Crippen LogP contribution in [0.5, 0.6) is 0 Å². The summed E-state index contributed by atoms with van der Waals surface area (Å²) in [6, 6.07) is 15.0. The molecule has 0 saturated carbocycles. The van der Waals surface area contributed by atoms with Gasteiger partial charge in [0.05, 0.1) is 6.61 Å². The van der Waals surface area contributed by atoms with Gasteiger partial charge >= 0.3 is 15.1 Å². The van der Waals surface area contributed by atoms with Crippen LogP contribution in [-0.4, -0.2) is 18.4 Å². The van der Waals surface area contributed by atoms with E-state index in [0.29, 0.717) is 17.7 Å². The molecule has 0 aliphatic rings. The fourth-order valence-corrected chi connectivity index (χ4v) is 3.53. The summed E-state index contributed by atoms with van der Waals surface area (Å²) in [6.07, 6.45) is 6.74. The van der Waals surface area contributed by atoms with Gasteiger partial charge in [-0.2, -0.15) is 0 Å². The van der Waals surface area contributed by atoms with Crippen LogP contribution in [0.4, 0.5) is 0 Å². The first kappa shape index (κ1) is 25.7. The molecule has 4 nitrogen and oxygen atoms in total. The second-order valence-electron chi connectivity index (χ2n) is 7.41. The molecule has 2 aromatic carbocycles. The predicted octanol–water partition coefficient (Wildman–Crippen LogP) is 6.38. The zero-order valence-corrected chi connectivity index (χ0v) is 19.5. The van der Waals surface area contributed by atoms with Crippen LogP contribution in [0.15, 0.2) is 48.5 Å². The van der Waals surface area contributed by atoms with E-state index in [-0.39, 0.29) is 5.78 Å². The summed E-state index contributed by atoms with van der Waals surface area (Å²) >= 11 is 0. The Hall–Kier alpha value is -2.32. The highest BCUT2D eigenvalue weighted by Gasteiger charge is 2.32. The molecular formula is C25H34O4P+. The van der Waals surface area contributed by atoms with E-state index in [9.17, 15) is 9.59 Å². The standard InChI is InChI=1S/C25H32O3.H2OP/c1-4-5-6-7-8-12-18-28-25(27)23(21-16-10-9-11-17-21)24(26)22-19(2)14-13-15-20(22)3;1-2/h9-11,13-17,23H,4-8,12,18H2,1-3H3;2H2/q;+1. The predicted molar refractivity (Wildman–Crippen MR) is 124 cm³/mol. The quantitative estimate of drug-likeness (QED) is 0.137. The van der Waals surface area contributed by atoms with Gasteiger partial charge < -0.3 is 4.74 Å². The Morgan fingerprint density at radius 1 is 0.833 bits per heavy atom. The van der Waals surface area contributed by atoms with Gasteiger partial charge in [0.1, 0.15) is 5.92 Å². The lowest BCUT2D eigenvalue weighted by Gasteiger charge is -2.18. The van der Waals surface area contributed by atoms with Gasteiger partial charge in [0, 0.05) is 5.56 Å². The maximum Gasteiger partial charge on any atom is 0.321 e. The molecule has 0 radical (unpaired) electrons. The van der Waals surface area contributed by atoms with Crippen molar-refractivity contribution in [3.8, 4) is 0 Å². The first-order valence-corrected chi connectivity index (χ1v) is 11.1. The third-order valence-electron chi connectivity index (χ3n) is 5.10. The first-order chi connectivity index (χ1) is 14.6. The van der Waals surface area contributed by atoms with Gasteiger partial charge in [0.2, 0.25) is 0 Å². The molecule has 30 heavy (non-hydrogen) atoms. The molecule has 0 N–H and O–H groups in total. The molecule has 0 aliphatic carbocycles. The van der Waals surface area contributed by atoms with Gasteiger partial charge in [-0.15, -0.1) is 0 Å². The molecular weight excluding hydrogens is 395 g/mol. The minimum Gasteiger partial charge on any atom is -0.465 e. The number of ketones is 1. The number of hydrogen-bond acceptors (Lipinski definition) is 4. The molecule has 2 aromatic rings. The summed E-state index contributed by atoms with van der Waals surface area (Å²) in [4.78, 5) is 26.2. The third kappa shape index (κ3) is 7.84. The average Bonchev–Trinajstić information content (AvgIpc) is 2.75. The minimum atomic E-state index is -0.916. The fourth-order valence-electron chi connectivity index (χ4n) is 3.53. The smallest absolute Gasteiger partial charge is 0.321 e. The molecule has 2 atom stereocenters. The average molecular weight is 430 g/mol. The van der Waals surface area contributed by atoms with Gasteiger partial charge in [-0.1, -0.05) is 92.1 Å². The molecule has 0 aliphatic heterocycles. The number of aryl methyl sites for hydroxylation is 2. The lowest BCUT2D eigenvalue weighted by atomic mass is 9.87. The number of carbonyl (C=O) groups excluding carboxylic acids is 2. The van der Waals surface area contributed by atoms with Crippen LogP contribution in [0.25, 0.3) is 0 Å². The van der Waals surface area contributed by atoms with Crippen LogP contribution in [-0.2, 0) is 14.1 Å². The largest absolute Gasteiger partial charge is 0.465 e. The number of unbranched alkanes of at least 4 members (excludes halogenated alkanes) is 5. The Labute approximate surface area is 182 Å². The minimum absolute atomic E-state index is 0.185. The normalized spacial score (nSPS) is 11.2. The highest BCUT2D eigenvalue weighted by molar-refractivity contribution is 7.00. The summed E-state index contributed by atoms with van der Waals surface area (Å²) in [5.41, 5.74) is 3.07. The molecule has 0 spiro atoms. The summed E-state index contributed by atoms with van der Waals surface area (Å²) in [7, 11) is 1.17. The van der Waals surface area contributed by atoms with Crippen LogP contribution in [0.1, 0.15) is 78.4 Å².